The fraction of sp³-hybridized carbons (Fsp3) is 0.732. The average Bonchev–Trinajstić information content (AvgIpc) is 3.60. The molecular weight excluding hydrogens is 871 g/mol. The summed E-state index contributed by atoms with van der Waals surface area (Å²) in [5, 5.41) is 22.7. The molecule has 63 heavy (non-hydrogen) atoms. The molecule has 20 nitrogen and oxygen atoms in total. The van der Waals surface area contributed by atoms with E-state index < -0.39 is 5.97 Å². The highest BCUT2D eigenvalue weighted by Crippen LogP contribution is 2.29. The molecule has 0 aliphatic rings. The summed E-state index contributed by atoms with van der Waals surface area (Å²) < 4.78 is 66.5. The summed E-state index contributed by atoms with van der Waals surface area (Å²) in [5.41, 5.74) is 0. The molecular formula is C41H69N3O17S2. The quantitative estimate of drug-likeness (QED) is 0.0641. The van der Waals surface area contributed by atoms with Gasteiger partial charge in [-0.2, -0.15) is 0 Å². The van der Waals surface area contributed by atoms with E-state index in [2.05, 4.69) is 10.3 Å². The van der Waals surface area contributed by atoms with Gasteiger partial charge in [-0.15, -0.1) is 4.73 Å². The number of ether oxygens (including phenoxy) is 12. The van der Waals surface area contributed by atoms with Gasteiger partial charge in [0.2, 0.25) is 17.7 Å². The SMILES string of the molecule is O=C(CCSSc1ccccn1)NCCOCCOCCOCCOCCOCCOCCOCCOCCOCCOCCOCCOCCCCC(=O)On1c(O)ccc1O. The lowest BCUT2D eigenvalue weighted by atomic mass is 10.2. The van der Waals surface area contributed by atoms with E-state index >= 15 is 0 Å². The van der Waals surface area contributed by atoms with Crippen LogP contribution in [0.1, 0.15) is 25.7 Å². The van der Waals surface area contributed by atoms with Gasteiger partial charge in [-0.25, -0.2) is 9.78 Å². The monoisotopic (exact) mass is 939 g/mol. The lowest BCUT2D eigenvalue weighted by molar-refractivity contribution is -0.145. The Morgan fingerprint density at radius 1 is 0.508 bits per heavy atom. The van der Waals surface area contributed by atoms with Crippen molar-refractivity contribution >= 4 is 33.5 Å². The van der Waals surface area contributed by atoms with Crippen molar-refractivity contribution in [1.82, 2.24) is 15.0 Å². The van der Waals surface area contributed by atoms with Crippen molar-refractivity contribution in [2.45, 2.75) is 30.7 Å². The van der Waals surface area contributed by atoms with Crippen LogP contribution in [0, 0.1) is 0 Å². The van der Waals surface area contributed by atoms with Crippen LogP contribution in [0.3, 0.4) is 0 Å². The van der Waals surface area contributed by atoms with Crippen LogP contribution in [0.2, 0.25) is 0 Å². The molecule has 0 fully saturated rings. The lowest BCUT2D eigenvalue weighted by Crippen LogP contribution is -2.27. The molecule has 0 atom stereocenters. The number of carbonyl (C=O) groups excluding carboxylic acids is 2. The van der Waals surface area contributed by atoms with Crippen LogP contribution < -0.4 is 10.2 Å². The first-order valence-electron chi connectivity index (χ1n) is 21.3. The largest absolute Gasteiger partial charge is 0.492 e. The standard InChI is InChI=1S/C41H69N3O17S2/c45-37(9-36-62-63-38-5-1-3-10-43-38)42-11-13-50-15-17-52-19-21-54-23-25-56-27-29-58-31-33-60-35-34-59-32-30-57-28-26-55-24-22-53-20-18-51-16-14-49-12-4-2-6-41(48)61-44-39(46)7-8-40(44)47/h1,3,5,7-8,10,46-47H,2,4,6,9,11-36H2,(H,42,45). The van der Waals surface area contributed by atoms with Crippen molar-refractivity contribution < 1.29 is 81.5 Å². The van der Waals surface area contributed by atoms with E-state index in [1.165, 1.54) is 12.1 Å². The average molecular weight is 940 g/mol. The molecule has 22 heteroatoms. The van der Waals surface area contributed by atoms with Crippen LogP contribution in [-0.4, -0.2) is 203 Å². The van der Waals surface area contributed by atoms with E-state index in [4.69, 9.17) is 61.7 Å². The maximum Gasteiger partial charge on any atom is 0.333 e. The summed E-state index contributed by atoms with van der Waals surface area (Å²) in [6.07, 6.45) is 3.55. The van der Waals surface area contributed by atoms with E-state index in [-0.39, 0.29) is 24.1 Å². The van der Waals surface area contributed by atoms with Gasteiger partial charge < -0.3 is 77.2 Å². The molecule has 2 rings (SSSR count). The Morgan fingerprint density at radius 3 is 1.30 bits per heavy atom. The second-order valence-corrected chi connectivity index (χ2v) is 15.2. The zero-order valence-electron chi connectivity index (χ0n) is 36.4. The van der Waals surface area contributed by atoms with Crippen molar-refractivity contribution in [3.05, 3.63) is 36.5 Å². The van der Waals surface area contributed by atoms with Gasteiger partial charge in [-0.1, -0.05) is 16.9 Å². The third-order valence-electron chi connectivity index (χ3n) is 7.77. The number of aromatic nitrogens is 2. The van der Waals surface area contributed by atoms with Gasteiger partial charge in [-0.05, 0) is 35.8 Å². The van der Waals surface area contributed by atoms with E-state index in [1.54, 1.807) is 27.8 Å². The van der Waals surface area contributed by atoms with Gasteiger partial charge in [0.05, 0.1) is 152 Å². The molecule has 0 bridgehead atoms. The first kappa shape index (κ1) is 56.3. The number of carbonyl (C=O) groups is 2. The summed E-state index contributed by atoms with van der Waals surface area (Å²) in [5.74, 6) is -0.540. The fourth-order valence-corrected chi connectivity index (χ4v) is 6.49. The molecule has 0 aliphatic heterocycles. The maximum absolute atomic E-state index is 11.9. The summed E-state index contributed by atoms with van der Waals surface area (Å²) >= 11 is 0. The number of unbranched alkanes of at least 4 members (excludes halogenated alkanes) is 1. The van der Waals surface area contributed by atoms with Gasteiger partial charge in [0.15, 0.2) is 0 Å². The summed E-state index contributed by atoms with van der Waals surface area (Å²) in [6.45, 7) is 11.6. The number of nitrogens with one attached hydrogen (secondary N) is 1. The smallest absolute Gasteiger partial charge is 0.333 e. The highest BCUT2D eigenvalue weighted by Gasteiger charge is 2.12. The molecule has 3 N–H and O–H groups in total. The first-order valence-corrected chi connectivity index (χ1v) is 23.6. The second-order valence-electron chi connectivity index (χ2n) is 12.8. The summed E-state index contributed by atoms with van der Waals surface area (Å²) in [7, 11) is 3.18. The number of pyridine rings is 1. The van der Waals surface area contributed by atoms with E-state index in [0.717, 1.165) is 5.03 Å². The Balaban J connectivity index is 1.13. The number of rotatable bonds is 47. The van der Waals surface area contributed by atoms with Gasteiger partial charge >= 0.3 is 5.97 Å². The molecule has 0 saturated heterocycles. The van der Waals surface area contributed by atoms with Gasteiger partial charge in [0.1, 0.15) is 5.03 Å². The molecule has 0 spiro atoms. The minimum absolute atomic E-state index is 0.00937. The fourth-order valence-electron chi connectivity index (χ4n) is 4.62. The van der Waals surface area contributed by atoms with Crippen LogP contribution in [0.5, 0.6) is 11.8 Å². The number of amides is 1. The molecule has 2 heterocycles. The van der Waals surface area contributed by atoms with Crippen molar-refractivity contribution in [2.75, 3.05) is 171 Å². The molecule has 2 aromatic rings. The number of hydrogen-bond acceptors (Lipinski definition) is 20. The van der Waals surface area contributed by atoms with Crippen molar-refractivity contribution in [1.29, 1.82) is 0 Å². The molecule has 362 valence electrons. The Morgan fingerprint density at radius 2 is 0.905 bits per heavy atom. The van der Waals surface area contributed by atoms with Crippen molar-refractivity contribution in [3.63, 3.8) is 0 Å². The van der Waals surface area contributed by atoms with Gasteiger partial charge in [0, 0.05) is 50.1 Å². The zero-order chi connectivity index (χ0) is 44.9. The molecule has 0 unspecified atom stereocenters. The summed E-state index contributed by atoms with van der Waals surface area (Å²) in [4.78, 5) is 32.8. The molecule has 0 radical (unpaired) electrons. The van der Waals surface area contributed by atoms with Gasteiger partial charge in [0.25, 0.3) is 0 Å². The van der Waals surface area contributed by atoms with E-state index in [9.17, 15) is 19.8 Å². The Kier molecular flexibility index (Phi) is 38.5. The van der Waals surface area contributed by atoms with Crippen molar-refractivity contribution in [2.24, 2.45) is 0 Å². The predicted octanol–water partition coefficient (Wildman–Crippen LogP) is 2.57. The maximum atomic E-state index is 11.9. The van der Waals surface area contributed by atoms with Gasteiger partial charge in [-0.3, -0.25) is 4.79 Å². The zero-order valence-corrected chi connectivity index (χ0v) is 38.0. The molecule has 2 aromatic heterocycles. The van der Waals surface area contributed by atoms with Crippen LogP contribution in [-0.2, 0) is 66.4 Å². The predicted molar refractivity (Wildman–Crippen MR) is 233 cm³/mol. The molecule has 0 aliphatic carbocycles. The topological polar surface area (TPSA) is 224 Å². The number of hydrogen-bond donors (Lipinski definition) is 3. The number of nitrogens with zero attached hydrogens (tertiary/aromatic N) is 2. The Hall–Kier alpha value is -2.81. The highest BCUT2D eigenvalue weighted by molar-refractivity contribution is 8.76. The number of aromatic hydroxyl groups is 2. The minimum Gasteiger partial charge on any atom is -0.492 e. The van der Waals surface area contributed by atoms with E-state index in [1.807, 2.05) is 18.2 Å². The first-order chi connectivity index (χ1) is 31.1. The normalized spacial score (nSPS) is 11.4. The van der Waals surface area contributed by atoms with Crippen LogP contribution in [0.25, 0.3) is 0 Å². The minimum atomic E-state index is -0.563. The third kappa shape index (κ3) is 36.1. The Labute approximate surface area is 378 Å². The summed E-state index contributed by atoms with van der Waals surface area (Å²) in [6, 6.07) is 8.21. The second kappa shape index (κ2) is 43.1. The van der Waals surface area contributed by atoms with Crippen LogP contribution in [0.15, 0.2) is 41.6 Å². The Bertz CT molecular complexity index is 1320. The molecule has 0 saturated carbocycles. The lowest BCUT2D eigenvalue weighted by Gasteiger charge is -2.09. The van der Waals surface area contributed by atoms with Crippen LogP contribution in [0.4, 0.5) is 0 Å². The molecule has 0 aromatic carbocycles. The van der Waals surface area contributed by atoms with Crippen molar-refractivity contribution in [3.8, 4) is 11.8 Å². The van der Waals surface area contributed by atoms with Crippen LogP contribution >= 0.6 is 21.6 Å². The highest BCUT2D eigenvalue weighted by atomic mass is 33.1. The molecule has 1 amide bonds. The third-order valence-corrected chi connectivity index (χ3v) is 10.0. The van der Waals surface area contributed by atoms with E-state index in [0.29, 0.717) is 195 Å².